The monoisotopic (exact) mass is 261 g/mol. The number of rotatable bonds is 2. The molecule has 1 aliphatic rings. The lowest BCUT2D eigenvalue weighted by molar-refractivity contribution is -0.131. The van der Waals surface area contributed by atoms with Gasteiger partial charge in [0.1, 0.15) is 0 Å². The maximum Gasteiger partial charge on any atom is 0.228 e. The fourth-order valence-corrected chi connectivity index (χ4v) is 3.16. The molecule has 18 heavy (non-hydrogen) atoms. The zero-order valence-electron chi connectivity index (χ0n) is 10.3. The molecule has 0 aromatic carbocycles. The first-order valence-electron chi connectivity index (χ1n) is 6.06. The van der Waals surface area contributed by atoms with Crippen molar-refractivity contribution in [2.75, 3.05) is 6.54 Å². The highest BCUT2D eigenvalue weighted by Crippen LogP contribution is 2.20. The van der Waals surface area contributed by atoms with Crippen LogP contribution < -0.4 is 0 Å². The highest BCUT2D eigenvalue weighted by molar-refractivity contribution is 7.12. The highest BCUT2D eigenvalue weighted by atomic mass is 32.1. The second-order valence-electron chi connectivity index (χ2n) is 4.63. The summed E-state index contributed by atoms with van der Waals surface area (Å²) >= 11 is 1.70. The predicted octanol–water partition coefficient (Wildman–Crippen LogP) is 1.91. The van der Waals surface area contributed by atoms with E-state index in [0.29, 0.717) is 13.0 Å². The van der Waals surface area contributed by atoms with Gasteiger partial charge >= 0.3 is 0 Å². The molecule has 4 nitrogen and oxygen atoms in total. The molecular weight excluding hydrogens is 246 g/mol. The quantitative estimate of drug-likeness (QED) is 0.897. The standard InChI is InChI=1S/C13H15N3OS/c1-9-2-3-11(18-9)6-13(17)16-5-4-12-10(8-16)7-14-15-12/h2-3,7H,4-6,8H2,1H3,(H,14,15). The normalized spacial score (nSPS) is 14.6. The largest absolute Gasteiger partial charge is 0.338 e. The zero-order valence-corrected chi connectivity index (χ0v) is 11.1. The van der Waals surface area contributed by atoms with Gasteiger partial charge in [0, 0.05) is 40.5 Å². The Hall–Kier alpha value is -1.62. The first-order valence-corrected chi connectivity index (χ1v) is 6.88. The van der Waals surface area contributed by atoms with Gasteiger partial charge in [-0.25, -0.2) is 0 Å². The van der Waals surface area contributed by atoms with Crippen LogP contribution in [-0.4, -0.2) is 27.5 Å². The Balaban J connectivity index is 1.67. The molecule has 0 atom stereocenters. The van der Waals surface area contributed by atoms with Crippen LogP contribution in [0.3, 0.4) is 0 Å². The lowest BCUT2D eigenvalue weighted by Crippen LogP contribution is -2.36. The molecule has 0 saturated heterocycles. The molecule has 0 unspecified atom stereocenters. The summed E-state index contributed by atoms with van der Waals surface area (Å²) in [4.78, 5) is 16.5. The van der Waals surface area contributed by atoms with Crippen molar-refractivity contribution in [2.24, 2.45) is 0 Å². The van der Waals surface area contributed by atoms with Crippen LogP contribution in [0.15, 0.2) is 18.3 Å². The van der Waals surface area contributed by atoms with Gasteiger partial charge in [-0.15, -0.1) is 11.3 Å². The number of amides is 1. The Kier molecular flexibility index (Phi) is 2.91. The minimum absolute atomic E-state index is 0.212. The van der Waals surface area contributed by atoms with Crippen molar-refractivity contribution in [3.63, 3.8) is 0 Å². The molecule has 2 aromatic rings. The van der Waals surface area contributed by atoms with Crippen LogP contribution in [0.25, 0.3) is 0 Å². The van der Waals surface area contributed by atoms with E-state index in [1.807, 2.05) is 17.2 Å². The van der Waals surface area contributed by atoms with E-state index in [-0.39, 0.29) is 5.91 Å². The molecule has 94 valence electrons. The van der Waals surface area contributed by atoms with Crippen LogP contribution in [0.4, 0.5) is 0 Å². The van der Waals surface area contributed by atoms with Crippen molar-refractivity contribution in [2.45, 2.75) is 26.3 Å². The van der Waals surface area contributed by atoms with Gasteiger partial charge in [0.25, 0.3) is 0 Å². The van der Waals surface area contributed by atoms with Crippen molar-refractivity contribution in [1.82, 2.24) is 15.1 Å². The fraction of sp³-hybridized carbons (Fsp3) is 0.385. The topological polar surface area (TPSA) is 49.0 Å². The van der Waals surface area contributed by atoms with Crippen LogP contribution >= 0.6 is 11.3 Å². The summed E-state index contributed by atoms with van der Waals surface area (Å²) in [5, 5.41) is 7.01. The lowest BCUT2D eigenvalue weighted by Gasteiger charge is -2.26. The number of nitrogens with one attached hydrogen (secondary N) is 1. The lowest BCUT2D eigenvalue weighted by atomic mass is 10.1. The van der Waals surface area contributed by atoms with Crippen LogP contribution in [0.5, 0.6) is 0 Å². The molecule has 2 aromatic heterocycles. The molecule has 0 aliphatic carbocycles. The van der Waals surface area contributed by atoms with Gasteiger partial charge in [-0.05, 0) is 19.1 Å². The molecule has 0 fully saturated rings. The third-order valence-corrected chi connectivity index (χ3v) is 4.28. The Labute approximate surface area is 110 Å². The number of hydrogen-bond acceptors (Lipinski definition) is 3. The van der Waals surface area contributed by atoms with E-state index in [4.69, 9.17) is 0 Å². The summed E-state index contributed by atoms with van der Waals surface area (Å²) in [6.45, 7) is 3.55. The number of aryl methyl sites for hydroxylation is 1. The van der Waals surface area contributed by atoms with Gasteiger partial charge in [0.15, 0.2) is 0 Å². The number of aromatic amines is 1. The van der Waals surface area contributed by atoms with Crippen LogP contribution in [0.2, 0.25) is 0 Å². The van der Waals surface area contributed by atoms with Crippen molar-refractivity contribution in [3.05, 3.63) is 39.3 Å². The first-order chi connectivity index (χ1) is 8.72. The van der Waals surface area contributed by atoms with E-state index >= 15 is 0 Å². The number of thiophene rings is 1. The number of fused-ring (bicyclic) bond motifs is 1. The molecule has 1 aliphatic heterocycles. The Morgan fingerprint density at radius 2 is 2.44 bits per heavy atom. The number of carbonyl (C=O) groups excluding carboxylic acids is 1. The number of nitrogens with zero attached hydrogens (tertiary/aromatic N) is 2. The predicted molar refractivity (Wildman–Crippen MR) is 70.5 cm³/mol. The SMILES string of the molecule is Cc1ccc(CC(=O)N2CCc3[nH]ncc3C2)s1. The second-order valence-corrected chi connectivity index (χ2v) is 6.00. The van der Waals surface area contributed by atoms with Gasteiger partial charge in [-0.2, -0.15) is 5.10 Å². The van der Waals surface area contributed by atoms with Gasteiger partial charge < -0.3 is 4.90 Å². The summed E-state index contributed by atoms with van der Waals surface area (Å²) in [7, 11) is 0. The van der Waals surface area contributed by atoms with E-state index in [0.717, 1.165) is 23.4 Å². The molecule has 0 bridgehead atoms. The molecule has 0 spiro atoms. The Morgan fingerprint density at radius 1 is 1.56 bits per heavy atom. The third-order valence-electron chi connectivity index (χ3n) is 3.27. The molecule has 3 rings (SSSR count). The molecule has 1 amide bonds. The average Bonchev–Trinajstić information content (AvgIpc) is 2.96. The molecule has 5 heteroatoms. The maximum absolute atomic E-state index is 12.2. The van der Waals surface area contributed by atoms with Gasteiger partial charge in [0.2, 0.25) is 5.91 Å². The van der Waals surface area contributed by atoms with E-state index in [1.54, 1.807) is 11.3 Å². The maximum atomic E-state index is 12.2. The highest BCUT2D eigenvalue weighted by Gasteiger charge is 2.22. The van der Waals surface area contributed by atoms with Crippen LogP contribution in [-0.2, 0) is 24.2 Å². The Bertz CT molecular complexity index is 572. The number of carbonyl (C=O) groups is 1. The van der Waals surface area contributed by atoms with E-state index < -0.39 is 0 Å². The number of H-pyrrole nitrogens is 1. The summed E-state index contributed by atoms with van der Waals surface area (Å²) < 4.78 is 0. The summed E-state index contributed by atoms with van der Waals surface area (Å²) in [5.74, 6) is 0.212. The van der Waals surface area contributed by atoms with E-state index in [1.165, 1.54) is 10.6 Å². The third kappa shape index (κ3) is 2.18. The van der Waals surface area contributed by atoms with Crippen molar-refractivity contribution < 1.29 is 4.79 Å². The molecule has 1 N–H and O–H groups in total. The molecule has 0 radical (unpaired) electrons. The minimum atomic E-state index is 0.212. The number of aromatic nitrogens is 2. The van der Waals surface area contributed by atoms with Gasteiger partial charge in [0.05, 0.1) is 12.6 Å². The second kappa shape index (κ2) is 4.57. The van der Waals surface area contributed by atoms with Gasteiger partial charge in [-0.1, -0.05) is 0 Å². The molecule has 3 heterocycles. The smallest absolute Gasteiger partial charge is 0.228 e. The van der Waals surface area contributed by atoms with E-state index in [2.05, 4.69) is 23.2 Å². The first kappa shape index (κ1) is 11.5. The summed E-state index contributed by atoms with van der Waals surface area (Å²) in [5.41, 5.74) is 2.32. The van der Waals surface area contributed by atoms with E-state index in [9.17, 15) is 4.79 Å². The molecule has 0 saturated carbocycles. The summed E-state index contributed by atoms with van der Waals surface area (Å²) in [6.07, 6.45) is 3.22. The van der Waals surface area contributed by atoms with Crippen molar-refractivity contribution in [1.29, 1.82) is 0 Å². The number of hydrogen-bond donors (Lipinski definition) is 1. The summed E-state index contributed by atoms with van der Waals surface area (Å²) in [6, 6.07) is 4.11. The van der Waals surface area contributed by atoms with Crippen LogP contribution in [0.1, 0.15) is 21.0 Å². The van der Waals surface area contributed by atoms with Crippen molar-refractivity contribution in [3.8, 4) is 0 Å². The minimum Gasteiger partial charge on any atom is -0.338 e. The van der Waals surface area contributed by atoms with Gasteiger partial charge in [-0.3, -0.25) is 9.89 Å². The Morgan fingerprint density at radius 3 is 3.22 bits per heavy atom. The van der Waals surface area contributed by atoms with Crippen molar-refractivity contribution >= 4 is 17.2 Å². The zero-order chi connectivity index (χ0) is 12.5. The average molecular weight is 261 g/mol. The molecular formula is C13H15N3OS. The fourth-order valence-electron chi connectivity index (χ4n) is 2.28. The van der Waals surface area contributed by atoms with Crippen LogP contribution in [0, 0.1) is 6.92 Å².